The molecule has 8 nitrogen and oxygen atoms in total. The summed E-state index contributed by atoms with van der Waals surface area (Å²) in [6.07, 6.45) is 3.46. The Hall–Kier alpha value is -3.85. The number of methoxy groups -OCH3 is 1. The van der Waals surface area contributed by atoms with E-state index in [1.807, 2.05) is 48.5 Å². The van der Waals surface area contributed by atoms with Crippen LogP contribution in [0.15, 0.2) is 77.0 Å². The fraction of sp³-hybridized carbons (Fsp3) is 0.200. The number of carbonyl (C=O) groups is 1. The maximum Gasteiger partial charge on any atom is 0.340 e. The minimum Gasteiger partial charge on any atom is -0.497 e. The van der Waals surface area contributed by atoms with Crippen LogP contribution in [0.3, 0.4) is 0 Å². The van der Waals surface area contributed by atoms with Crippen LogP contribution in [0.4, 0.5) is 0 Å². The Morgan fingerprint density at radius 3 is 2.53 bits per heavy atom. The minimum atomic E-state index is -0.434. The number of thioether (sulfide) groups is 1. The van der Waals surface area contributed by atoms with Gasteiger partial charge < -0.3 is 14.2 Å². The molecule has 0 amide bonds. The molecule has 0 aliphatic carbocycles. The van der Waals surface area contributed by atoms with E-state index >= 15 is 0 Å². The molecule has 0 atom stereocenters. The topological polar surface area (TPSA) is 87.8 Å². The molecule has 0 saturated carbocycles. The predicted octanol–water partition coefficient (Wildman–Crippen LogP) is 4.48. The average Bonchev–Trinajstić information content (AvgIpc) is 3.30. The highest BCUT2D eigenvalue weighted by Crippen LogP contribution is 2.30. The molecule has 0 spiro atoms. The van der Waals surface area contributed by atoms with Gasteiger partial charge >= 0.3 is 5.97 Å². The second-order valence-electron chi connectivity index (χ2n) is 7.13. The number of carbonyl (C=O) groups excluding carboxylic acids is 1. The number of hydrogen-bond donors (Lipinski definition) is 0. The average molecular weight is 477 g/mol. The summed E-state index contributed by atoms with van der Waals surface area (Å²) in [5, 5.41) is 13.9. The Labute approximate surface area is 201 Å². The van der Waals surface area contributed by atoms with Gasteiger partial charge in [0.25, 0.3) is 0 Å². The van der Waals surface area contributed by atoms with Crippen molar-refractivity contribution in [3.8, 4) is 22.9 Å². The Bertz CT molecular complexity index is 1230. The van der Waals surface area contributed by atoms with Crippen LogP contribution in [0, 0.1) is 0 Å². The molecule has 34 heavy (non-hydrogen) atoms. The fourth-order valence-corrected chi connectivity index (χ4v) is 4.06. The Morgan fingerprint density at radius 1 is 1.12 bits per heavy atom. The van der Waals surface area contributed by atoms with Gasteiger partial charge in [0.15, 0.2) is 5.82 Å². The summed E-state index contributed by atoms with van der Waals surface area (Å²) in [6, 6.07) is 14.9. The second-order valence-corrected chi connectivity index (χ2v) is 8.07. The first kappa shape index (κ1) is 23.3. The lowest BCUT2D eigenvalue weighted by Crippen LogP contribution is -2.21. The molecule has 0 saturated heterocycles. The lowest BCUT2D eigenvalue weighted by Gasteiger charge is -2.16. The lowest BCUT2D eigenvalue weighted by atomic mass is 10.1. The molecule has 1 aliphatic rings. The zero-order valence-corrected chi connectivity index (χ0v) is 19.7. The van der Waals surface area contributed by atoms with Crippen LogP contribution in [0.25, 0.3) is 17.5 Å². The van der Waals surface area contributed by atoms with E-state index in [9.17, 15) is 4.79 Å². The van der Waals surface area contributed by atoms with Crippen molar-refractivity contribution in [1.29, 1.82) is 0 Å². The summed E-state index contributed by atoms with van der Waals surface area (Å²) in [6.45, 7) is 6.11. The second kappa shape index (κ2) is 10.8. The number of benzene rings is 2. The third-order valence-corrected chi connectivity index (χ3v) is 5.81. The maximum absolute atomic E-state index is 12.9. The van der Waals surface area contributed by atoms with Gasteiger partial charge in [-0.05, 0) is 55.0 Å². The van der Waals surface area contributed by atoms with E-state index in [2.05, 4.69) is 16.8 Å². The van der Waals surface area contributed by atoms with Crippen molar-refractivity contribution >= 4 is 29.5 Å². The van der Waals surface area contributed by atoms with Crippen molar-refractivity contribution in [2.45, 2.75) is 12.1 Å². The summed E-state index contributed by atoms with van der Waals surface area (Å²) < 4.78 is 17.8. The van der Waals surface area contributed by atoms with E-state index in [0.29, 0.717) is 34.6 Å². The van der Waals surface area contributed by atoms with Gasteiger partial charge in [-0.2, -0.15) is 9.78 Å². The highest BCUT2D eigenvalue weighted by atomic mass is 32.2. The molecule has 3 aromatic rings. The largest absolute Gasteiger partial charge is 0.497 e. The Balaban J connectivity index is 1.69. The van der Waals surface area contributed by atoms with Crippen molar-refractivity contribution in [3.63, 3.8) is 0 Å². The van der Waals surface area contributed by atoms with Gasteiger partial charge in [-0.25, -0.2) is 4.79 Å². The van der Waals surface area contributed by atoms with Gasteiger partial charge in [-0.3, -0.25) is 0 Å². The summed E-state index contributed by atoms with van der Waals surface area (Å²) >= 11 is 1.46. The molecule has 2 heterocycles. The van der Waals surface area contributed by atoms with Gasteiger partial charge in [-0.15, -0.1) is 10.2 Å². The van der Waals surface area contributed by atoms with Crippen LogP contribution in [-0.4, -0.2) is 52.6 Å². The third kappa shape index (κ3) is 5.20. The molecule has 0 unspecified atom stereocenters. The smallest absolute Gasteiger partial charge is 0.340 e. The van der Waals surface area contributed by atoms with Crippen molar-refractivity contribution in [1.82, 2.24) is 14.9 Å². The molecular formula is C25H24N4O4S. The molecule has 1 aromatic heterocycles. The van der Waals surface area contributed by atoms with E-state index in [1.165, 1.54) is 11.8 Å². The Morgan fingerprint density at radius 2 is 1.85 bits per heavy atom. The van der Waals surface area contributed by atoms with Crippen LogP contribution >= 0.6 is 11.8 Å². The number of aromatic nitrogens is 3. The summed E-state index contributed by atoms with van der Waals surface area (Å²) in [4.78, 5) is 12.9. The zero-order valence-electron chi connectivity index (χ0n) is 18.9. The number of nitrogens with zero attached hydrogens (tertiary/aromatic N) is 4. The molecule has 1 aliphatic heterocycles. The van der Waals surface area contributed by atoms with E-state index in [4.69, 9.17) is 19.3 Å². The normalized spacial score (nSPS) is 13.0. The van der Waals surface area contributed by atoms with Gasteiger partial charge in [0.1, 0.15) is 18.1 Å². The number of hydrogen-bond acceptors (Lipinski definition) is 8. The highest BCUT2D eigenvalue weighted by Gasteiger charge is 2.25. The summed E-state index contributed by atoms with van der Waals surface area (Å²) in [5.74, 6) is 2.07. The molecule has 0 fully saturated rings. The molecule has 0 bridgehead atoms. The van der Waals surface area contributed by atoms with E-state index < -0.39 is 5.97 Å². The van der Waals surface area contributed by atoms with Gasteiger partial charge in [0.05, 0.1) is 25.0 Å². The van der Waals surface area contributed by atoms with Crippen LogP contribution in [0.5, 0.6) is 11.5 Å². The molecular weight excluding hydrogens is 452 g/mol. The highest BCUT2D eigenvalue weighted by molar-refractivity contribution is 7.99. The standard InChI is InChI=1S/C25H24N4O4S/c1-4-14-33-20-10-6-17(7-11-20)15-21(24(30)32-5-2)22-16-34-25-27-26-23(29(25)28-22)18-8-12-19(31-3)13-9-18/h4,6-13,15H,1,5,14,16H2,2-3H3/b21-15-. The van der Waals surface area contributed by atoms with Crippen molar-refractivity contribution in [2.75, 3.05) is 26.1 Å². The SMILES string of the molecule is C=CCOc1ccc(/C=C(\C(=O)OCC)C2=Nn3c(nnc3-c3ccc(OC)cc3)SC2)cc1. The first-order valence-electron chi connectivity index (χ1n) is 10.7. The van der Waals surface area contributed by atoms with Crippen LogP contribution < -0.4 is 9.47 Å². The Kier molecular flexibility index (Phi) is 7.44. The van der Waals surface area contributed by atoms with Crippen molar-refractivity contribution < 1.29 is 19.0 Å². The third-order valence-electron chi connectivity index (χ3n) is 4.88. The minimum absolute atomic E-state index is 0.264. The molecule has 174 valence electrons. The summed E-state index contributed by atoms with van der Waals surface area (Å²) in [7, 11) is 1.62. The van der Waals surface area contributed by atoms with Crippen LogP contribution in [-0.2, 0) is 9.53 Å². The number of fused-ring (bicyclic) bond motifs is 1. The molecule has 0 N–H and O–H groups in total. The van der Waals surface area contributed by atoms with E-state index in [0.717, 1.165) is 22.6 Å². The first-order valence-corrected chi connectivity index (χ1v) is 11.6. The van der Waals surface area contributed by atoms with Gasteiger partial charge in [0.2, 0.25) is 5.16 Å². The van der Waals surface area contributed by atoms with Gasteiger partial charge in [0, 0.05) is 11.3 Å². The molecule has 0 radical (unpaired) electrons. The van der Waals surface area contributed by atoms with Crippen LogP contribution in [0.2, 0.25) is 0 Å². The molecule has 9 heteroatoms. The lowest BCUT2D eigenvalue weighted by molar-refractivity contribution is -0.137. The van der Waals surface area contributed by atoms with E-state index in [1.54, 1.807) is 30.9 Å². The molecule has 2 aromatic carbocycles. The maximum atomic E-state index is 12.9. The number of ether oxygens (including phenoxy) is 3. The van der Waals surface area contributed by atoms with Crippen LogP contribution in [0.1, 0.15) is 12.5 Å². The number of rotatable bonds is 9. The summed E-state index contributed by atoms with van der Waals surface area (Å²) in [5.41, 5.74) is 2.63. The quantitative estimate of drug-likeness (QED) is 0.256. The monoisotopic (exact) mass is 476 g/mol. The zero-order chi connectivity index (χ0) is 23.9. The van der Waals surface area contributed by atoms with Gasteiger partial charge in [-0.1, -0.05) is 36.5 Å². The van der Waals surface area contributed by atoms with Crippen molar-refractivity contribution in [2.24, 2.45) is 5.10 Å². The van der Waals surface area contributed by atoms with Crippen molar-refractivity contribution in [3.05, 3.63) is 72.3 Å². The molecule has 4 rings (SSSR count). The number of esters is 1. The first-order chi connectivity index (χ1) is 16.6. The predicted molar refractivity (Wildman–Crippen MR) is 132 cm³/mol. The van der Waals surface area contributed by atoms with E-state index in [-0.39, 0.29) is 6.61 Å². The fourth-order valence-electron chi connectivity index (χ4n) is 3.23.